The third-order valence-electron chi connectivity index (χ3n) is 1.85. The molecule has 0 fully saturated rings. The van der Waals surface area contributed by atoms with Crippen LogP contribution in [0.1, 0.15) is 30.3 Å². The second kappa shape index (κ2) is 4.94. The number of hydrogen-bond donors (Lipinski definition) is 2. The van der Waals surface area contributed by atoms with E-state index in [1.165, 1.54) is 0 Å². The predicted molar refractivity (Wildman–Crippen MR) is 50.1 cm³/mol. The fourth-order valence-electron chi connectivity index (χ4n) is 1.31. The monoisotopic (exact) mass is 181 g/mol. The molecule has 0 spiro atoms. The summed E-state index contributed by atoms with van der Waals surface area (Å²) < 4.78 is 0. The van der Waals surface area contributed by atoms with Gasteiger partial charge in [-0.3, -0.25) is 4.98 Å². The summed E-state index contributed by atoms with van der Waals surface area (Å²) in [6, 6.07) is 3.76. The van der Waals surface area contributed by atoms with Gasteiger partial charge in [0, 0.05) is 0 Å². The SMILES string of the molecule is CCCc1cc(CO)nc(CO)c1. The first kappa shape index (κ1) is 10.2. The second-order valence-electron chi connectivity index (χ2n) is 3.02. The van der Waals surface area contributed by atoms with E-state index in [1.54, 1.807) is 0 Å². The first-order valence-corrected chi connectivity index (χ1v) is 4.50. The molecule has 0 saturated heterocycles. The largest absolute Gasteiger partial charge is 0.390 e. The van der Waals surface area contributed by atoms with E-state index in [-0.39, 0.29) is 13.2 Å². The number of nitrogens with zero attached hydrogens (tertiary/aromatic N) is 1. The summed E-state index contributed by atoms with van der Waals surface area (Å²) >= 11 is 0. The van der Waals surface area contributed by atoms with Crippen molar-refractivity contribution < 1.29 is 10.2 Å². The van der Waals surface area contributed by atoms with Gasteiger partial charge in [0.15, 0.2) is 0 Å². The summed E-state index contributed by atoms with van der Waals surface area (Å²) in [5.41, 5.74) is 2.40. The number of aliphatic hydroxyl groups excluding tert-OH is 2. The van der Waals surface area contributed by atoms with Crippen LogP contribution in [0.15, 0.2) is 12.1 Å². The Labute approximate surface area is 78.1 Å². The van der Waals surface area contributed by atoms with Crippen molar-refractivity contribution in [1.82, 2.24) is 4.98 Å². The first-order chi connectivity index (χ1) is 6.30. The Morgan fingerprint density at radius 1 is 1.15 bits per heavy atom. The Morgan fingerprint density at radius 3 is 2.08 bits per heavy atom. The summed E-state index contributed by atoms with van der Waals surface area (Å²) in [5, 5.41) is 17.8. The van der Waals surface area contributed by atoms with Gasteiger partial charge in [0.1, 0.15) is 0 Å². The quantitative estimate of drug-likeness (QED) is 0.729. The molecule has 3 heteroatoms. The Kier molecular flexibility index (Phi) is 3.86. The van der Waals surface area contributed by atoms with Crippen LogP contribution in [0.5, 0.6) is 0 Å². The molecular weight excluding hydrogens is 166 g/mol. The van der Waals surface area contributed by atoms with Crippen LogP contribution < -0.4 is 0 Å². The van der Waals surface area contributed by atoms with E-state index in [2.05, 4.69) is 11.9 Å². The maximum absolute atomic E-state index is 8.91. The molecule has 13 heavy (non-hydrogen) atoms. The smallest absolute Gasteiger partial charge is 0.0853 e. The highest BCUT2D eigenvalue weighted by molar-refractivity contribution is 5.21. The van der Waals surface area contributed by atoms with Gasteiger partial charge in [0.2, 0.25) is 0 Å². The lowest BCUT2D eigenvalue weighted by Gasteiger charge is -2.04. The Morgan fingerprint density at radius 2 is 1.69 bits per heavy atom. The lowest BCUT2D eigenvalue weighted by molar-refractivity contribution is 0.265. The standard InChI is InChI=1S/C10H15NO2/c1-2-3-8-4-9(6-12)11-10(5-8)7-13/h4-5,12-13H,2-3,6-7H2,1H3. The molecule has 72 valence electrons. The average Bonchev–Trinajstić information content (AvgIpc) is 2.17. The normalized spacial score (nSPS) is 10.4. The fourth-order valence-corrected chi connectivity index (χ4v) is 1.31. The van der Waals surface area contributed by atoms with E-state index in [0.29, 0.717) is 11.4 Å². The highest BCUT2D eigenvalue weighted by atomic mass is 16.3. The maximum atomic E-state index is 8.91. The number of rotatable bonds is 4. The van der Waals surface area contributed by atoms with E-state index in [4.69, 9.17) is 10.2 Å². The van der Waals surface area contributed by atoms with Crippen molar-refractivity contribution in [2.45, 2.75) is 33.0 Å². The van der Waals surface area contributed by atoms with Gasteiger partial charge in [0.25, 0.3) is 0 Å². The van der Waals surface area contributed by atoms with E-state index in [1.807, 2.05) is 12.1 Å². The lowest BCUT2D eigenvalue weighted by atomic mass is 10.1. The minimum Gasteiger partial charge on any atom is -0.390 e. The van der Waals surface area contributed by atoms with Crippen molar-refractivity contribution in [1.29, 1.82) is 0 Å². The van der Waals surface area contributed by atoms with Crippen molar-refractivity contribution in [3.63, 3.8) is 0 Å². The number of hydrogen-bond acceptors (Lipinski definition) is 3. The lowest BCUT2D eigenvalue weighted by Crippen LogP contribution is -1.98. The third kappa shape index (κ3) is 2.79. The molecule has 0 bridgehead atoms. The summed E-state index contributed by atoms with van der Waals surface area (Å²) in [7, 11) is 0. The van der Waals surface area contributed by atoms with Gasteiger partial charge in [-0.1, -0.05) is 13.3 Å². The maximum Gasteiger partial charge on any atom is 0.0853 e. The topological polar surface area (TPSA) is 53.4 Å². The number of aliphatic hydroxyl groups is 2. The zero-order chi connectivity index (χ0) is 9.68. The van der Waals surface area contributed by atoms with Crippen LogP contribution in [0.2, 0.25) is 0 Å². The number of aryl methyl sites for hydroxylation is 1. The average molecular weight is 181 g/mol. The molecule has 1 heterocycles. The molecule has 2 N–H and O–H groups in total. The van der Waals surface area contributed by atoms with Gasteiger partial charge >= 0.3 is 0 Å². The molecule has 3 nitrogen and oxygen atoms in total. The highest BCUT2D eigenvalue weighted by Crippen LogP contribution is 2.08. The molecule has 1 aromatic rings. The zero-order valence-electron chi connectivity index (χ0n) is 7.82. The van der Waals surface area contributed by atoms with E-state index in [0.717, 1.165) is 18.4 Å². The van der Waals surface area contributed by atoms with Gasteiger partial charge in [-0.25, -0.2) is 0 Å². The Balaban J connectivity index is 2.93. The predicted octanol–water partition coefficient (Wildman–Crippen LogP) is 1.02. The van der Waals surface area contributed by atoms with Crippen LogP contribution in [-0.4, -0.2) is 15.2 Å². The molecule has 0 amide bonds. The van der Waals surface area contributed by atoms with Crippen molar-refractivity contribution >= 4 is 0 Å². The minimum atomic E-state index is -0.0649. The summed E-state index contributed by atoms with van der Waals surface area (Å²) in [6.07, 6.45) is 2.02. The molecule has 0 aliphatic heterocycles. The highest BCUT2D eigenvalue weighted by Gasteiger charge is 2.00. The van der Waals surface area contributed by atoms with Gasteiger partial charge in [-0.05, 0) is 24.1 Å². The molecule has 0 radical (unpaired) electrons. The van der Waals surface area contributed by atoms with Crippen molar-refractivity contribution in [2.24, 2.45) is 0 Å². The van der Waals surface area contributed by atoms with Crippen molar-refractivity contribution in [3.05, 3.63) is 29.1 Å². The third-order valence-corrected chi connectivity index (χ3v) is 1.85. The van der Waals surface area contributed by atoms with E-state index >= 15 is 0 Å². The summed E-state index contributed by atoms with van der Waals surface area (Å²) in [4.78, 5) is 4.05. The zero-order valence-corrected chi connectivity index (χ0v) is 7.82. The number of pyridine rings is 1. The van der Waals surface area contributed by atoms with Gasteiger partial charge < -0.3 is 10.2 Å². The molecule has 0 aromatic carbocycles. The molecular formula is C10H15NO2. The number of aromatic nitrogens is 1. The van der Waals surface area contributed by atoms with E-state index in [9.17, 15) is 0 Å². The van der Waals surface area contributed by atoms with Gasteiger partial charge in [-0.15, -0.1) is 0 Å². The van der Waals surface area contributed by atoms with Crippen molar-refractivity contribution in [3.8, 4) is 0 Å². The molecule has 1 aromatic heterocycles. The van der Waals surface area contributed by atoms with Gasteiger partial charge in [0.05, 0.1) is 24.6 Å². The summed E-state index contributed by atoms with van der Waals surface area (Å²) in [6.45, 7) is 1.97. The van der Waals surface area contributed by atoms with Crippen molar-refractivity contribution in [2.75, 3.05) is 0 Å². The molecule has 1 rings (SSSR count). The summed E-state index contributed by atoms with van der Waals surface area (Å²) in [5.74, 6) is 0. The minimum absolute atomic E-state index is 0.0649. The second-order valence-corrected chi connectivity index (χ2v) is 3.02. The van der Waals surface area contributed by atoms with Crippen LogP contribution >= 0.6 is 0 Å². The Bertz CT molecular complexity index is 251. The van der Waals surface area contributed by atoms with Crippen LogP contribution in [-0.2, 0) is 19.6 Å². The molecule has 0 unspecified atom stereocenters. The fraction of sp³-hybridized carbons (Fsp3) is 0.500. The molecule has 0 saturated carbocycles. The Hall–Kier alpha value is -0.930. The molecule has 0 aliphatic carbocycles. The van der Waals surface area contributed by atoms with Gasteiger partial charge in [-0.2, -0.15) is 0 Å². The first-order valence-electron chi connectivity index (χ1n) is 4.50. The van der Waals surface area contributed by atoms with Crippen LogP contribution in [0, 0.1) is 0 Å². The molecule has 0 atom stereocenters. The van der Waals surface area contributed by atoms with Crippen LogP contribution in [0.25, 0.3) is 0 Å². The van der Waals surface area contributed by atoms with E-state index < -0.39 is 0 Å². The molecule has 0 aliphatic rings. The van der Waals surface area contributed by atoms with Crippen LogP contribution in [0.4, 0.5) is 0 Å². The van der Waals surface area contributed by atoms with Crippen LogP contribution in [0.3, 0.4) is 0 Å².